The molecule has 0 aliphatic carbocycles. The monoisotopic (exact) mass is 356 g/mol. The van der Waals surface area contributed by atoms with E-state index in [2.05, 4.69) is 10.6 Å². The normalized spacial score (nSPS) is 24.3. The van der Waals surface area contributed by atoms with Crippen LogP contribution in [0.1, 0.15) is 18.6 Å². The van der Waals surface area contributed by atoms with Gasteiger partial charge in [0.1, 0.15) is 19.3 Å². The molecule has 0 aromatic heterocycles. The fourth-order valence-corrected chi connectivity index (χ4v) is 3.05. The summed E-state index contributed by atoms with van der Waals surface area (Å²) in [7, 11) is 0. The number of carbonyl (C=O) groups excluding carboxylic acids is 1. The van der Waals surface area contributed by atoms with Gasteiger partial charge in [-0.05, 0) is 24.6 Å². The van der Waals surface area contributed by atoms with Gasteiger partial charge in [0.15, 0.2) is 11.5 Å². The molecule has 7 nitrogen and oxygen atoms in total. The molecule has 3 rings (SSSR count). The first kappa shape index (κ1) is 17.3. The first-order chi connectivity index (χ1) is 11.6. The van der Waals surface area contributed by atoms with E-state index in [0.29, 0.717) is 48.5 Å². The molecule has 0 spiro atoms. The number of rotatable bonds is 4. The molecule has 1 saturated heterocycles. The van der Waals surface area contributed by atoms with Crippen molar-refractivity contribution in [1.29, 1.82) is 0 Å². The van der Waals surface area contributed by atoms with E-state index in [1.165, 1.54) is 0 Å². The Morgan fingerprint density at radius 1 is 1.42 bits per heavy atom. The van der Waals surface area contributed by atoms with Gasteiger partial charge in [-0.2, -0.15) is 0 Å². The van der Waals surface area contributed by atoms with Gasteiger partial charge in [-0.15, -0.1) is 0 Å². The second-order valence-electron chi connectivity index (χ2n) is 5.80. The van der Waals surface area contributed by atoms with Gasteiger partial charge in [-0.25, -0.2) is 0 Å². The summed E-state index contributed by atoms with van der Waals surface area (Å²) < 4.78 is 16.4. The molecular formula is C16H21ClN2O5. The molecule has 1 aromatic carbocycles. The van der Waals surface area contributed by atoms with Gasteiger partial charge in [-0.1, -0.05) is 11.6 Å². The lowest BCUT2D eigenvalue weighted by atomic mass is 10.1. The van der Waals surface area contributed by atoms with Crippen LogP contribution in [0.2, 0.25) is 5.02 Å². The summed E-state index contributed by atoms with van der Waals surface area (Å²) in [5.74, 6) is 0.787. The zero-order chi connectivity index (χ0) is 17.1. The predicted octanol–water partition coefficient (Wildman–Crippen LogP) is 0.638. The van der Waals surface area contributed by atoms with Crippen LogP contribution in [-0.2, 0) is 9.53 Å². The van der Waals surface area contributed by atoms with Gasteiger partial charge in [0.2, 0.25) is 5.91 Å². The van der Waals surface area contributed by atoms with Crippen LogP contribution in [0.25, 0.3) is 0 Å². The molecule has 1 unspecified atom stereocenters. The summed E-state index contributed by atoms with van der Waals surface area (Å²) in [5.41, 5.74) is 0.561. The summed E-state index contributed by atoms with van der Waals surface area (Å²) in [4.78, 5) is 12.2. The molecule has 1 fully saturated rings. The quantitative estimate of drug-likeness (QED) is 0.733. The number of fused-ring (bicyclic) bond motifs is 1. The topological polar surface area (TPSA) is 89.1 Å². The van der Waals surface area contributed by atoms with E-state index in [0.717, 1.165) is 0 Å². The standard InChI is InChI=1S/C16H21ClN2O5/c1-9-14(18-2-3-22-9)16(21)19-8-12(20)10-6-11(17)15-13(7-10)23-4-5-24-15/h6-7,9,12,14,18,20H,2-5,8H2,1H3,(H,19,21)/t9-,12?,14+/m1/s1. The predicted molar refractivity (Wildman–Crippen MR) is 87.6 cm³/mol. The number of hydrogen-bond acceptors (Lipinski definition) is 6. The minimum absolute atomic E-state index is 0.0692. The van der Waals surface area contributed by atoms with Crippen molar-refractivity contribution in [2.75, 3.05) is 32.9 Å². The second-order valence-corrected chi connectivity index (χ2v) is 6.20. The van der Waals surface area contributed by atoms with Crippen LogP contribution in [0.4, 0.5) is 0 Å². The average molecular weight is 357 g/mol. The highest BCUT2D eigenvalue weighted by atomic mass is 35.5. The third-order valence-electron chi connectivity index (χ3n) is 4.07. The molecule has 2 aliphatic rings. The Hall–Kier alpha value is -1.54. The number of hydrogen-bond donors (Lipinski definition) is 3. The second kappa shape index (κ2) is 7.57. The Morgan fingerprint density at radius 2 is 2.21 bits per heavy atom. The maximum absolute atomic E-state index is 12.2. The molecule has 0 radical (unpaired) electrons. The lowest BCUT2D eigenvalue weighted by Gasteiger charge is -2.29. The summed E-state index contributed by atoms with van der Waals surface area (Å²) in [5, 5.41) is 16.6. The highest BCUT2D eigenvalue weighted by Crippen LogP contribution is 2.39. The van der Waals surface area contributed by atoms with Gasteiger partial charge in [0, 0.05) is 13.1 Å². The molecule has 24 heavy (non-hydrogen) atoms. The van der Waals surface area contributed by atoms with E-state index < -0.39 is 12.1 Å². The summed E-state index contributed by atoms with van der Waals surface area (Å²) in [6, 6.07) is 2.88. The smallest absolute Gasteiger partial charge is 0.239 e. The molecule has 1 aromatic rings. The van der Waals surface area contributed by atoms with Crippen LogP contribution in [0.3, 0.4) is 0 Å². The van der Waals surface area contributed by atoms with Crippen molar-refractivity contribution < 1.29 is 24.1 Å². The van der Waals surface area contributed by atoms with Gasteiger partial charge < -0.3 is 30.0 Å². The number of amides is 1. The Morgan fingerprint density at radius 3 is 3.00 bits per heavy atom. The van der Waals surface area contributed by atoms with Crippen molar-refractivity contribution in [3.05, 3.63) is 22.7 Å². The minimum Gasteiger partial charge on any atom is -0.486 e. The lowest BCUT2D eigenvalue weighted by Crippen LogP contribution is -2.55. The first-order valence-corrected chi connectivity index (χ1v) is 8.34. The number of morpholine rings is 1. The molecule has 3 N–H and O–H groups in total. The van der Waals surface area contributed by atoms with Crippen molar-refractivity contribution in [2.24, 2.45) is 0 Å². The van der Waals surface area contributed by atoms with E-state index in [4.69, 9.17) is 25.8 Å². The Labute approximate surface area is 145 Å². The molecule has 0 bridgehead atoms. The zero-order valence-electron chi connectivity index (χ0n) is 13.4. The van der Waals surface area contributed by atoms with Gasteiger partial charge >= 0.3 is 0 Å². The fraction of sp³-hybridized carbons (Fsp3) is 0.562. The average Bonchev–Trinajstić information content (AvgIpc) is 2.59. The van der Waals surface area contributed by atoms with E-state index in [1.54, 1.807) is 12.1 Å². The maximum Gasteiger partial charge on any atom is 0.239 e. The molecule has 1 amide bonds. The molecule has 2 heterocycles. The van der Waals surface area contributed by atoms with E-state index >= 15 is 0 Å². The Balaban J connectivity index is 1.61. The van der Waals surface area contributed by atoms with Crippen molar-refractivity contribution in [2.45, 2.75) is 25.2 Å². The lowest BCUT2D eigenvalue weighted by molar-refractivity contribution is -0.129. The van der Waals surface area contributed by atoms with E-state index in [1.807, 2.05) is 6.92 Å². The molecule has 3 atom stereocenters. The number of nitrogens with one attached hydrogen (secondary N) is 2. The van der Waals surface area contributed by atoms with Crippen LogP contribution in [0, 0.1) is 0 Å². The SMILES string of the molecule is C[C@H]1OCCN[C@@H]1C(=O)NCC(O)c1cc(Cl)c2c(c1)OCCO2. The Kier molecular flexibility index (Phi) is 5.45. The van der Waals surface area contributed by atoms with Crippen LogP contribution in [0.5, 0.6) is 11.5 Å². The zero-order valence-corrected chi connectivity index (χ0v) is 14.1. The molecule has 132 valence electrons. The van der Waals surface area contributed by atoms with Crippen molar-refractivity contribution >= 4 is 17.5 Å². The van der Waals surface area contributed by atoms with E-state index in [9.17, 15) is 9.90 Å². The largest absolute Gasteiger partial charge is 0.486 e. The maximum atomic E-state index is 12.2. The minimum atomic E-state index is -0.901. The van der Waals surface area contributed by atoms with Crippen LogP contribution in [0.15, 0.2) is 12.1 Å². The molecular weight excluding hydrogens is 336 g/mol. The first-order valence-electron chi connectivity index (χ1n) is 7.96. The summed E-state index contributed by atoms with van der Waals surface area (Å²) >= 11 is 6.16. The number of benzene rings is 1. The summed E-state index contributed by atoms with van der Waals surface area (Å²) in [6.45, 7) is 4.00. The highest BCUT2D eigenvalue weighted by Gasteiger charge is 2.28. The van der Waals surface area contributed by atoms with Crippen molar-refractivity contribution in [1.82, 2.24) is 10.6 Å². The number of ether oxygens (including phenoxy) is 3. The van der Waals surface area contributed by atoms with Crippen LogP contribution < -0.4 is 20.1 Å². The Bertz CT molecular complexity index is 612. The van der Waals surface area contributed by atoms with Crippen LogP contribution >= 0.6 is 11.6 Å². The van der Waals surface area contributed by atoms with E-state index in [-0.39, 0.29) is 18.6 Å². The van der Waals surface area contributed by atoms with Gasteiger partial charge in [-0.3, -0.25) is 4.79 Å². The number of aliphatic hydroxyl groups is 1. The third kappa shape index (κ3) is 3.75. The number of carbonyl (C=O) groups is 1. The number of halogens is 1. The molecule has 2 aliphatic heterocycles. The fourth-order valence-electron chi connectivity index (χ4n) is 2.78. The number of aliphatic hydroxyl groups excluding tert-OH is 1. The van der Waals surface area contributed by atoms with Crippen LogP contribution in [-0.4, -0.2) is 56.1 Å². The summed E-state index contributed by atoms with van der Waals surface area (Å²) in [6.07, 6.45) is -1.11. The van der Waals surface area contributed by atoms with Crippen molar-refractivity contribution in [3.63, 3.8) is 0 Å². The van der Waals surface area contributed by atoms with Crippen molar-refractivity contribution in [3.8, 4) is 11.5 Å². The molecule has 8 heteroatoms. The van der Waals surface area contributed by atoms with Gasteiger partial charge in [0.05, 0.1) is 23.8 Å². The highest BCUT2D eigenvalue weighted by molar-refractivity contribution is 6.32. The molecule has 0 saturated carbocycles. The van der Waals surface area contributed by atoms with Gasteiger partial charge in [0.25, 0.3) is 0 Å². The third-order valence-corrected chi connectivity index (χ3v) is 4.35.